The fourth-order valence-electron chi connectivity index (χ4n) is 2.07. The number of nitrogens with two attached hydrogens (primary N) is 1. The lowest BCUT2D eigenvalue weighted by molar-refractivity contribution is -0.0763. The van der Waals surface area contributed by atoms with Crippen molar-refractivity contribution in [1.82, 2.24) is 4.90 Å². The van der Waals surface area contributed by atoms with Crippen LogP contribution in [0, 0.1) is 0 Å². The average molecular weight is 313 g/mol. The summed E-state index contributed by atoms with van der Waals surface area (Å²) < 4.78 is 6.46. The molecular formula is C13H17BrN2O2. The van der Waals surface area contributed by atoms with Gasteiger partial charge in [-0.3, -0.25) is 4.79 Å². The number of halogens is 1. The maximum atomic E-state index is 12.4. The number of ether oxygens (including phenoxy) is 1. The summed E-state index contributed by atoms with van der Waals surface area (Å²) >= 11 is 3.36. The molecule has 0 atom stereocenters. The first kappa shape index (κ1) is 13.4. The van der Waals surface area contributed by atoms with Crippen LogP contribution in [0.25, 0.3) is 0 Å². The zero-order valence-electron chi connectivity index (χ0n) is 10.6. The molecule has 2 N–H and O–H groups in total. The molecule has 0 saturated carbocycles. The van der Waals surface area contributed by atoms with Crippen molar-refractivity contribution in [3.63, 3.8) is 0 Å². The Morgan fingerprint density at radius 1 is 1.50 bits per heavy atom. The van der Waals surface area contributed by atoms with Gasteiger partial charge in [-0.05, 0) is 32.0 Å². The molecule has 1 fully saturated rings. The van der Waals surface area contributed by atoms with Gasteiger partial charge >= 0.3 is 0 Å². The summed E-state index contributed by atoms with van der Waals surface area (Å²) in [4.78, 5) is 14.2. The highest BCUT2D eigenvalue weighted by Gasteiger charge is 2.31. The number of rotatable bonds is 1. The molecule has 1 saturated heterocycles. The smallest absolute Gasteiger partial charge is 0.256 e. The normalized spacial score (nSPS) is 18.7. The third-order valence-electron chi connectivity index (χ3n) is 2.96. The van der Waals surface area contributed by atoms with Gasteiger partial charge in [0.25, 0.3) is 5.91 Å². The van der Waals surface area contributed by atoms with E-state index in [4.69, 9.17) is 10.5 Å². The fraction of sp³-hybridized carbons (Fsp3) is 0.462. The summed E-state index contributed by atoms with van der Waals surface area (Å²) in [5.41, 5.74) is 6.62. The van der Waals surface area contributed by atoms with Crippen LogP contribution in [0.2, 0.25) is 0 Å². The molecule has 4 nitrogen and oxygen atoms in total. The third kappa shape index (κ3) is 2.84. The summed E-state index contributed by atoms with van der Waals surface area (Å²) in [6, 6.07) is 5.33. The second-order valence-corrected chi connectivity index (χ2v) is 5.98. The van der Waals surface area contributed by atoms with E-state index in [1.54, 1.807) is 17.0 Å². The van der Waals surface area contributed by atoms with Gasteiger partial charge in [0.1, 0.15) is 0 Å². The van der Waals surface area contributed by atoms with Crippen molar-refractivity contribution in [1.29, 1.82) is 0 Å². The zero-order chi connectivity index (χ0) is 13.3. The molecule has 0 spiro atoms. The van der Waals surface area contributed by atoms with E-state index in [1.807, 2.05) is 19.9 Å². The summed E-state index contributed by atoms with van der Waals surface area (Å²) in [5, 5.41) is 0. The summed E-state index contributed by atoms with van der Waals surface area (Å²) in [5.74, 6) is -0.0369. The van der Waals surface area contributed by atoms with Crippen molar-refractivity contribution < 1.29 is 9.53 Å². The molecule has 0 bridgehead atoms. The minimum atomic E-state index is -0.297. The topological polar surface area (TPSA) is 55.6 Å². The molecule has 1 aliphatic rings. The Morgan fingerprint density at radius 2 is 2.22 bits per heavy atom. The molecule has 2 rings (SSSR count). The molecule has 98 valence electrons. The number of hydrogen-bond acceptors (Lipinski definition) is 3. The number of nitrogens with zero attached hydrogens (tertiary/aromatic N) is 1. The van der Waals surface area contributed by atoms with Gasteiger partial charge in [0.15, 0.2) is 0 Å². The number of carbonyl (C=O) groups is 1. The van der Waals surface area contributed by atoms with Crippen LogP contribution >= 0.6 is 15.9 Å². The lowest BCUT2D eigenvalue weighted by atomic mass is 10.1. The van der Waals surface area contributed by atoms with Crippen molar-refractivity contribution in [2.45, 2.75) is 19.4 Å². The molecule has 1 heterocycles. The Morgan fingerprint density at radius 3 is 2.89 bits per heavy atom. The largest absolute Gasteiger partial charge is 0.398 e. The number of nitrogen functional groups attached to an aromatic ring is 1. The minimum Gasteiger partial charge on any atom is -0.398 e. The molecule has 0 aromatic heterocycles. The van der Waals surface area contributed by atoms with E-state index in [-0.39, 0.29) is 11.5 Å². The summed E-state index contributed by atoms with van der Waals surface area (Å²) in [6.45, 7) is 5.71. The maximum Gasteiger partial charge on any atom is 0.256 e. The molecule has 1 aliphatic heterocycles. The van der Waals surface area contributed by atoms with Crippen molar-refractivity contribution in [3.05, 3.63) is 28.2 Å². The minimum absolute atomic E-state index is 0.0369. The molecule has 1 aromatic carbocycles. The van der Waals surface area contributed by atoms with Gasteiger partial charge in [-0.1, -0.05) is 15.9 Å². The van der Waals surface area contributed by atoms with Crippen LogP contribution < -0.4 is 5.73 Å². The van der Waals surface area contributed by atoms with Gasteiger partial charge in [0, 0.05) is 23.2 Å². The van der Waals surface area contributed by atoms with Gasteiger partial charge < -0.3 is 15.4 Å². The Bertz CT molecular complexity index is 474. The highest BCUT2D eigenvalue weighted by atomic mass is 79.9. The number of carbonyl (C=O) groups excluding carboxylic acids is 1. The number of amides is 1. The highest BCUT2D eigenvalue weighted by molar-refractivity contribution is 9.10. The summed E-state index contributed by atoms with van der Waals surface area (Å²) in [6.07, 6.45) is 0. The predicted octanol–water partition coefficient (Wildman–Crippen LogP) is 2.28. The van der Waals surface area contributed by atoms with E-state index in [9.17, 15) is 4.79 Å². The van der Waals surface area contributed by atoms with Crippen LogP contribution in [0.15, 0.2) is 22.7 Å². The van der Waals surface area contributed by atoms with Gasteiger partial charge in [-0.15, -0.1) is 0 Å². The van der Waals surface area contributed by atoms with Gasteiger partial charge in [0.05, 0.1) is 17.8 Å². The SMILES string of the molecule is CC1(C)CN(C(=O)c2cc(Br)ccc2N)CCO1. The van der Waals surface area contributed by atoms with E-state index >= 15 is 0 Å². The Labute approximate surface area is 115 Å². The highest BCUT2D eigenvalue weighted by Crippen LogP contribution is 2.23. The standard InChI is InChI=1S/C13H17BrN2O2/c1-13(2)8-16(5-6-18-13)12(17)10-7-9(14)3-4-11(10)15/h3-4,7H,5-6,8,15H2,1-2H3. The Kier molecular flexibility index (Phi) is 3.64. The van der Waals surface area contributed by atoms with E-state index in [0.717, 1.165) is 4.47 Å². The molecule has 5 heteroatoms. The van der Waals surface area contributed by atoms with Crippen molar-refractivity contribution in [2.24, 2.45) is 0 Å². The fourth-order valence-corrected chi connectivity index (χ4v) is 2.43. The van der Waals surface area contributed by atoms with Crippen LogP contribution in [-0.2, 0) is 4.74 Å². The van der Waals surface area contributed by atoms with Crippen molar-refractivity contribution >= 4 is 27.5 Å². The average Bonchev–Trinajstić information content (AvgIpc) is 2.30. The van der Waals surface area contributed by atoms with Crippen molar-refractivity contribution in [3.8, 4) is 0 Å². The van der Waals surface area contributed by atoms with Crippen LogP contribution in [0.3, 0.4) is 0 Å². The number of morpholine rings is 1. The first-order chi connectivity index (χ1) is 8.39. The predicted molar refractivity (Wildman–Crippen MR) is 74.5 cm³/mol. The molecule has 0 unspecified atom stereocenters. The van der Waals surface area contributed by atoms with E-state index in [2.05, 4.69) is 15.9 Å². The molecule has 0 aliphatic carbocycles. The van der Waals surface area contributed by atoms with Crippen LogP contribution in [0.5, 0.6) is 0 Å². The number of hydrogen-bond donors (Lipinski definition) is 1. The molecule has 0 radical (unpaired) electrons. The van der Waals surface area contributed by atoms with Crippen LogP contribution in [0.1, 0.15) is 24.2 Å². The maximum absolute atomic E-state index is 12.4. The van der Waals surface area contributed by atoms with Gasteiger partial charge in [-0.25, -0.2) is 0 Å². The Hall–Kier alpha value is -1.07. The van der Waals surface area contributed by atoms with E-state index in [1.165, 1.54) is 0 Å². The van der Waals surface area contributed by atoms with E-state index < -0.39 is 0 Å². The van der Waals surface area contributed by atoms with Gasteiger partial charge in [0.2, 0.25) is 0 Å². The zero-order valence-corrected chi connectivity index (χ0v) is 12.2. The lowest BCUT2D eigenvalue weighted by Crippen LogP contribution is -2.50. The first-order valence-electron chi connectivity index (χ1n) is 5.87. The second kappa shape index (κ2) is 4.90. The number of benzene rings is 1. The third-order valence-corrected chi connectivity index (χ3v) is 3.45. The van der Waals surface area contributed by atoms with Crippen LogP contribution in [0.4, 0.5) is 5.69 Å². The van der Waals surface area contributed by atoms with Crippen molar-refractivity contribution in [2.75, 3.05) is 25.4 Å². The number of anilines is 1. The van der Waals surface area contributed by atoms with Crippen LogP contribution in [-0.4, -0.2) is 36.1 Å². The molecule has 1 aromatic rings. The molecule has 18 heavy (non-hydrogen) atoms. The quantitative estimate of drug-likeness (QED) is 0.809. The monoisotopic (exact) mass is 312 g/mol. The summed E-state index contributed by atoms with van der Waals surface area (Å²) in [7, 11) is 0. The first-order valence-corrected chi connectivity index (χ1v) is 6.67. The lowest BCUT2D eigenvalue weighted by Gasteiger charge is -2.38. The Balaban J connectivity index is 2.23. The molecule has 1 amide bonds. The van der Waals surface area contributed by atoms with E-state index in [0.29, 0.717) is 30.9 Å². The molecular weight excluding hydrogens is 296 g/mol. The van der Waals surface area contributed by atoms with Gasteiger partial charge in [-0.2, -0.15) is 0 Å². The second-order valence-electron chi connectivity index (χ2n) is 5.07.